The van der Waals surface area contributed by atoms with Gasteiger partial charge in [0.1, 0.15) is 12.4 Å². The van der Waals surface area contributed by atoms with Crippen molar-refractivity contribution in [2.45, 2.75) is 6.61 Å². The van der Waals surface area contributed by atoms with Crippen LogP contribution in [0, 0.1) is 0 Å². The molecule has 0 unspecified atom stereocenters. The number of ether oxygens (including phenoxy) is 2. The number of methoxy groups -OCH3 is 1. The summed E-state index contributed by atoms with van der Waals surface area (Å²) in [5.41, 5.74) is 2.27. The summed E-state index contributed by atoms with van der Waals surface area (Å²) in [7, 11) is 3.29. The lowest BCUT2D eigenvalue weighted by Crippen LogP contribution is -2.09. The highest BCUT2D eigenvalue weighted by Gasteiger charge is 2.21. The minimum Gasteiger partial charge on any atom is -0.487 e. The first kappa shape index (κ1) is 15.4. The van der Waals surface area contributed by atoms with E-state index in [1.807, 2.05) is 35.9 Å². The Morgan fingerprint density at radius 3 is 2.52 bits per heavy atom. The first-order valence-corrected chi connectivity index (χ1v) is 7.52. The topological polar surface area (TPSA) is 40.5 Å². The second kappa shape index (κ2) is 6.34. The number of aromatic nitrogens is 1. The third kappa shape index (κ3) is 2.90. The van der Waals surface area contributed by atoms with Crippen LogP contribution in [-0.2, 0) is 18.4 Å². The molecule has 0 bridgehead atoms. The summed E-state index contributed by atoms with van der Waals surface area (Å²) in [4.78, 5) is 12.2. The van der Waals surface area contributed by atoms with Crippen LogP contribution in [0.15, 0.2) is 48.5 Å². The predicted molar refractivity (Wildman–Crippen MR) is 90.0 cm³/mol. The van der Waals surface area contributed by atoms with Gasteiger partial charge in [-0.1, -0.05) is 29.8 Å². The van der Waals surface area contributed by atoms with Crippen LogP contribution in [0.25, 0.3) is 10.9 Å². The first-order chi connectivity index (χ1) is 11.1. The molecule has 1 aromatic heterocycles. The first-order valence-electron chi connectivity index (χ1n) is 7.14. The smallest absolute Gasteiger partial charge is 0.340 e. The third-order valence-corrected chi connectivity index (χ3v) is 4.06. The molecule has 0 aliphatic carbocycles. The van der Waals surface area contributed by atoms with E-state index < -0.39 is 0 Å². The number of aryl methyl sites for hydroxylation is 1. The van der Waals surface area contributed by atoms with Crippen LogP contribution in [0.3, 0.4) is 0 Å². The fourth-order valence-electron chi connectivity index (χ4n) is 2.63. The number of hydrogen-bond acceptors (Lipinski definition) is 3. The van der Waals surface area contributed by atoms with Crippen LogP contribution >= 0.6 is 11.6 Å². The zero-order valence-corrected chi connectivity index (χ0v) is 13.6. The number of nitrogens with zero attached hydrogens (tertiary/aromatic N) is 1. The zero-order chi connectivity index (χ0) is 16.4. The van der Waals surface area contributed by atoms with Crippen molar-refractivity contribution in [3.8, 4) is 5.75 Å². The molecule has 1 heterocycles. The molecule has 0 fully saturated rings. The van der Waals surface area contributed by atoms with E-state index >= 15 is 0 Å². The van der Waals surface area contributed by atoms with Gasteiger partial charge in [0.25, 0.3) is 0 Å². The quantitative estimate of drug-likeness (QED) is 0.674. The van der Waals surface area contributed by atoms with E-state index in [4.69, 9.17) is 21.1 Å². The van der Waals surface area contributed by atoms with E-state index in [1.165, 1.54) is 7.11 Å². The summed E-state index contributed by atoms with van der Waals surface area (Å²) >= 11 is 5.87. The van der Waals surface area contributed by atoms with Crippen LogP contribution in [0.1, 0.15) is 16.1 Å². The number of rotatable bonds is 4. The van der Waals surface area contributed by atoms with Crippen LogP contribution in [0.5, 0.6) is 5.75 Å². The Hall–Kier alpha value is -2.46. The number of fused-ring (bicyclic) bond motifs is 1. The van der Waals surface area contributed by atoms with Gasteiger partial charge in [-0.25, -0.2) is 4.79 Å². The molecule has 4 nitrogen and oxygen atoms in total. The summed E-state index contributed by atoms with van der Waals surface area (Å²) in [5.74, 6) is 0.326. The van der Waals surface area contributed by atoms with Gasteiger partial charge in [0.2, 0.25) is 0 Å². The Morgan fingerprint density at radius 2 is 1.83 bits per heavy atom. The Bertz CT molecular complexity index is 853. The molecule has 3 rings (SSSR count). The summed E-state index contributed by atoms with van der Waals surface area (Å²) in [6, 6.07) is 14.8. The third-order valence-electron chi connectivity index (χ3n) is 3.81. The number of esters is 1. The largest absolute Gasteiger partial charge is 0.487 e. The van der Waals surface area contributed by atoms with Gasteiger partial charge < -0.3 is 14.0 Å². The van der Waals surface area contributed by atoms with Crippen molar-refractivity contribution in [1.29, 1.82) is 0 Å². The minimum absolute atomic E-state index is 0.261. The zero-order valence-electron chi connectivity index (χ0n) is 12.9. The summed E-state index contributed by atoms with van der Waals surface area (Å²) in [6.45, 7) is 0.261. The van der Waals surface area contributed by atoms with Gasteiger partial charge in [0.05, 0.1) is 18.4 Å². The number of benzene rings is 2. The molecule has 0 aliphatic rings. The van der Waals surface area contributed by atoms with Crippen molar-refractivity contribution < 1.29 is 14.3 Å². The average Bonchev–Trinajstić information content (AvgIpc) is 2.86. The monoisotopic (exact) mass is 329 g/mol. The van der Waals surface area contributed by atoms with Crippen molar-refractivity contribution in [1.82, 2.24) is 4.57 Å². The van der Waals surface area contributed by atoms with Crippen molar-refractivity contribution in [2.75, 3.05) is 7.11 Å². The Labute approximate surface area is 139 Å². The van der Waals surface area contributed by atoms with Gasteiger partial charge >= 0.3 is 5.97 Å². The van der Waals surface area contributed by atoms with Crippen molar-refractivity contribution in [3.05, 3.63) is 64.8 Å². The van der Waals surface area contributed by atoms with Gasteiger partial charge in [-0.15, -0.1) is 0 Å². The maximum absolute atomic E-state index is 12.2. The van der Waals surface area contributed by atoms with Crippen LogP contribution in [-0.4, -0.2) is 17.6 Å². The molecule has 2 aromatic carbocycles. The number of halogens is 1. The van der Waals surface area contributed by atoms with E-state index in [0.29, 0.717) is 16.3 Å². The van der Waals surface area contributed by atoms with Crippen LogP contribution in [0.2, 0.25) is 5.02 Å². The molecule has 0 spiro atoms. The maximum atomic E-state index is 12.2. The van der Waals surface area contributed by atoms with E-state index in [1.54, 1.807) is 24.3 Å². The number of hydrogen-bond donors (Lipinski definition) is 0. The molecule has 0 atom stereocenters. The second-order valence-corrected chi connectivity index (χ2v) is 5.57. The molecule has 0 aliphatic heterocycles. The lowest BCUT2D eigenvalue weighted by molar-refractivity contribution is 0.0599. The van der Waals surface area contributed by atoms with Crippen molar-refractivity contribution in [3.63, 3.8) is 0 Å². The van der Waals surface area contributed by atoms with Crippen molar-refractivity contribution >= 4 is 28.5 Å². The highest BCUT2D eigenvalue weighted by Crippen LogP contribution is 2.27. The number of carbonyl (C=O) groups excluding carboxylic acids is 1. The number of carbonyl (C=O) groups is 1. The van der Waals surface area contributed by atoms with E-state index in [-0.39, 0.29) is 12.6 Å². The molecule has 0 saturated carbocycles. The molecular formula is C18H16ClNO3. The second-order valence-electron chi connectivity index (χ2n) is 5.13. The maximum Gasteiger partial charge on any atom is 0.340 e. The Morgan fingerprint density at radius 1 is 1.13 bits per heavy atom. The van der Waals surface area contributed by atoms with Crippen LogP contribution < -0.4 is 4.74 Å². The normalized spacial score (nSPS) is 10.7. The summed E-state index contributed by atoms with van der Waals surface area (Å²) in [6.07, 6.45) is 0. The molecule has 118 valence electrons. The molecule has 5 heteroatoms. The van der Waals surface area contributed by atoms with E-state index in [9.17, 15) is 4.79 Å². The fourth-order valence-corrected chi connectivity index (χ4v) is 2.75. The molecule has 23 heavy (non-hydrogen) atoms. The standard InChI is InChI=1S/C18H16ClNO3/c1-20-15-6-4-3-5-14(15)17(18(21)22-2)16(20)11-23-13-9-7-12(19)8-10-13/h3-10H,11H2,1-2H3. The Balaban J connectivity index is 2.00. The molecule has 3 aromatic rings. The van der Waals surface area contributed by atoms with Gasteiger partial charge in [-0.3, -0.25) is 0 Å². The molecule has 0 radical (unpaired) electrons. The molecule has 0 N–H and O–H groups in total. The van der Waals surface area contributed by atoms with Gasteiger partial charge in [-0.2, -0.15) is 0 Å². The molecular weight excluding hydrogens is 314 g/mol. The SMILES string of the molecule is COC(=O)c1c(COc2ccc(Cl)cc2)n(C)c2ccccc12. The Kier molecular flexibility index (Phi) is 4.26. The highest BCUT2D eigenvalue weighted by molar-refractivity contribution is 6.30. The predicted octanol–water partition coefficient (Wildman–Crippen LogP) is 4.20. The van der Waals surface area contributed by atoms with Gasteiger partial charge in [-0.05, 0) is 30.3 Å². The van der Waals surface area contributed by atoms with Gasteiger partial charge in [0, 0.05) is 23.0 Å². The minimum atomic E-state index is -0.364. The van der Waals surface area contributed by atoms with E-state index in [0.717, 1.165) is 16.6 Å². The van der Waals surface area contributed by atoms with E-state index in [2.05, 4.69) is 0 Å². The molecule has 0 saturated heterocycles. The fraction of sp³-hybridized carbons (Fsp3) is 0.167. The lowest BCUT2D eigenvalue weighted by atomic mass is 10.1. The molecule has 0 amide bonds. The summed E-state index contributed by atoms with van der Waals surface area (Å²) in [5, 5.41) is 1.51. The van der Waals surface area contributed by atoms with Crippen LogP contribution in [0.4, 0.5) is 0 Å². The van der Waals surface area contributed by atoms with Gasteiger partial charge in [0.15, 0.2) is 0 Å². The van der Waals surface area contributed by atoms with Crippen molar-refractivity contribution in [2.24, 2.45) is 7.05 Å². The number of para-hydroxylation sites is 1. The average molecular weight is 330 g/mol. The summed E-state index contributed by atoms with van der Waals surface area (Å²) < 4.78 is 12.7. The lowest BCUT2D eigenvalue weighted by Gasteiger charge is -2.09. The highest BCUT2D eigenvalue weighted by atomic mass is 35.5.